The molecule has 1 saturated heterocycles. The molecule has 0 bridgehead atoms. The van der Waals surface area contributed by atoms with Crippen molar-refractivity contribution in [3.05, 3.63) is 35.9 Å². The Bertz CT molecular complexity index is 758. The molecule has 0 aromatic heterocycles. The smallest absolute Gasteiger partial charge is 0.325 e. The molecule has 1 saturated carbocycles. The van der Waals surface area contributed by atoms with Gasteiger partial charge in [-0.05, 0) is 25.3 Å². The number of hydrogen-bond acceptors (Lipinski definition) is 5. The Morgan fingerprint density at radius 2 is 1.89 bits per heavy atom. The number of urea groups is 1. The first kappa shape index (κ1) is 19.9. The van der Waals surface area contributed by atoms with Crippen molar-refractivity contribution in [2.75, 3.05) is 13.2 Å². The van der Waals surface area contributed by atoms with Gasteiger partial charge < -0.3 is 15.4 Å². The number of ether oxygens (including phenoxy) is 1. The summed E-state index contributed by atoms with van der Waals surface area (Å²) in [6.07, 6.45) is 2.93. The van der Waals surface area contributed by atoms with E-state index in [-0.39, 0.29) is 24.9 Å². The van der Waals surface area contributed by atoms with E-state index in [0.29, 0.717) is 12.8 Å². The Labute approximate surface area is 163 Å². The average Bonchev–Trinajstić information content (AvgIpc) is 3.24. The van der Waals surface area contributed by atoms with Gasteiger partial charge in [0.2, 0.25) is 0 Å². The van der Waals surface area contributed by atoms with Gasteiger partial charge in [-0.3, -0.25) is 19.3 Å². The van der Waals surface area contributed by atoms with Gasteiger partial charge in [-0.1, -0.05) is 43.2 Å². The lowest BCUT2D eigenvalue weighted by Crippen LogP contribution is -2.44. The van der Waals surface area contributed by atoms with Crippen LogP contribution in [0, 0.1) is 0 Å². The first-order valence-corrected chi connectivity index (χ1v) is 9.55. The van der Waals surface area contributed by atoms with Crippen LogP contribution in [0.15, 0.2) is 30.3 Å². The first-order valence-electron chi connectivity index (χ1n) is 9.55. The maximum atomic E-state index is 12.5. The molecule has 1 heterocycles. The standard InChI is InChI=1S/C20H25N3O5/c1-14(15-7-3-2-4-8-15)21-16(24)13-28-17(25)9-12-23-18(26)20(22-19(23)27)10-5-6-11-20/h2-4,7-8,14H,5-6,9-13H2,1H3,(H,21,24)(H,22,27)/t14-/m0/s1. The second kappa shape index (κ2) is 8.41. The van der Waals surface area contributed by atoms with Crippen LogP contribution in [0.4, 0.5) is 4.79 Å². The molecule has 2 fully saturated rings. The molecule has 8 heteroatoms. The Morgan fingerprint density at radius 1 is 1.21 bits per heavy atom. The average molecular weight is 387 g/mol. The summed E-state index contributed by atoms with van der Waals surface area (Å²) in [6, 6.07) is 8.76. The molecule has 8 nitrogen and oxygen atoms in total. The van der Waals surface area contributed by atoms with E-state index in [2.05, 4.69) is 10.6 Å². The highest BCUT2D eigenvalue weighted by Crippen LogP contribution is 2.35. The molecule has 1 atom stereocenters. The second-order valence-corrected chi connectivity index (χ2v) is 7.29. The van der Waals surface area contributed by atoms with Gasteiger partial charge in [-0.25, -0.2) is 4.79 Å². The first-order chi connectivity index (χ1) is 13.4. The van der Waals surface area contributed by atoms with Gasteiger partial charge >= 0.3 is 12.0 Å². The van der Waals surface area contributed by atoms with Crippen molar-refractivity contribution >= 4 is 23.8 Å². The third kappa shape index (κ3) is 4.32. The molecule has 2 aliphatic rings. The van der Waals surface area contributed by atoms with Crippen LogP contribution < -0.4 is 10.6 Å². The predicted molar refractivity (Wildman–Crippen MR) is 100 cm³/mol. The van der Waals surface area contributed by atoms with Gasteiger partial charge in [0.25, 0.3) is 11.8 Å². The van der Waals surface area contributed by atoms with E-state index >= 15 is 0 Å². The monoisotopic (exact) mass is 387 g/mol. The Kier molecular flexibility index (Phi) is 5.96. The third-order valence-electron chi connectivity index (χ3n) is 5.28. The molecular weight excluding hydrogens is 362 g/mol. The predicted octanol–water partition coefficient (Wildman–Crippen LogP) is 1.66. The molecule has 1 aromatic carbocycles. The fourth-order valence-electron chi connectivity index (χ4n) is 3.73. The quantitative estimate of drug-likeness (QED) is 0.547. The number of rotatable bonds is 7. The Hall–Kier alpha value is -2.90. The zero-order chi connectivity index (χ0) is 20.1. The molecule has 2 N–H and O–H groups in total. The van der Waals surface area contributed by atoms with Gasteiger partial charge in [0, 0.05) is 6.54 Å². The van der Waals surface area contributed by atoms with Crippen LogP contribution in [0.1, 0.15) is 50.6 Å². The van der Waals surface area contributed by atoms with Crippen molar-refractivity contribution in [2.24, 2.45) is 0 Å². The van der Waals surface area contributed by atoms with Crippen LogP contribution in [-0.4, -0.2) is 47.4 Å². The lowest BCUT2D eigenvalue weighted by molar-refractivity contribution is -0.149. The van der Waals surface area contributed by atoms with E-state index in [1.807, 2.05) is 37.3 Å². The molecule has 150 valence electrons. The highest BCUT2D eigenvalue weighted by molar-refractivity contribution is 6.07. The van der Waals surface area contributed by atoms with Gasteiger partial charge in [0.1, 0.15) is 5.54 Å². The number of nitrogens with zero attached hydrogens (tertiary/aromatic N) is 1. The second-order valence-electron chi connectivity index (χ2n) is 7.29. The van der Waals surface area contributed by atoms with Crippen molar-refractivity contribution in [1.29, 1.82) is 0 Å². The number of carbonyl (C=O) groups is 4. The van der Waals surface area contributed by atoms with Crippen molar-refractivity contribution < 1.29 is 23.9 Å². The van der Waals surface area contributed by atoms with Crippen molar-refractivity contribution in [3.63, 3.8) is 0 Å². The topological polar surface area (TPSA) is 105 Å². The third-order valence-corrected chi connectivity index (χ3v) is 5.28. The maximum absolute atomic E-state index is 12.5. The number of amides is 4. The molecule has 4 amide bonds. The summed E-state index contributed by atoms with van der Waals surface area (Å²) in [6.45, 7) is 1.39. The van der Waals surface area contributed by atoms with E-state index < -0.39 is 30.1 Å². The molecule has 1 aromatic rings. The van der Waals surface area contributed by atoms with Crippen molar-refractivity contribution in [2.45, 2.75) is 50.6 Å². The van der Waals surface area contributed by atoms with Crippen LogP contribution in [0.5, 0.6) is 0 Å². The molecule has 3 rings (SSSR count). The van der Waals surface area contributed by atoms with Crippen LogP contribution in [0.2, 0.25) is 0 Å². The van der Waals surface area contributed by atoms with E-state index in [0.717, 1.165) is 23.3 Å². The largest absolute Gasteiger partial charge is 0.456 e. The summed E-state index contributed by atoms with van der Waals surface area (Å²) in [5.41, 5.74) is 0.163. The molecule has 0 unspecified atom stereocenters. The van der Waals surface area contributed by atoms with Gasteiger partial charge in [-0.2, -0.15) is 0 Å². The van der Waals surface area contributed by atoms with E-state index in [1.165, 1.54) is 0 Å². The fourth-order valence-corrected chi connectivity index (χ4v) is 3.73. The summed E-state index contributed by atoms with van der Waals surface area (Å²) < 4.78 is 4.97. The number of nitrogens with one attached hydrogen (secondary N) is 2. The lowest BCUT2D eigenvalue weighted by atomic mass is 9.98. The molecular formula is C20H25N3O5. The highest BCUT2D eigenvalue weighted by atomic mass is 16.5. The van der Waals surface area contributed by atoms with Gasteiger partial charge in [-0.15, -0.1) is 0 Å². The highest BCUT2D eigenvalue weighted by Gasteiger charge is 2.52. The molecule has 1 spiro atoms. The van der Waals surface area contributed by atoms with E-state index in [9.17, 15) is 19.2 Å². The number of benzene rings is 1. The molecule has 1 aliphatic heterocycles. The SMILES string of the molecule is C[C@H](NC(=O)COC(=O)CCN1C(=O)NC2(CCCC2)C1=O)c1ccccc1. The van der Waals surface area contributed by atoms with Gasteiger partial charge in [0.05, 0.1) is 12.5 Å². The summed E-state index contributed by atoms with van der Waals surface area (Å²) in [4.78, 5) is 49.5. The molecule has 1 aliphatic carbocycles. The minimum atomic E-state index is -0.783. The zero-order valence-corrected chi connectivity index (χ0v) is 15.9. The van der Waals surface area contributed by atoms with Crippen LogP contribution in [0.3, 0.4) is 0 Å². The lowest BCUT2D eigenvalue weighted by Gasteiger charge is -2.19. The van der Waals surface area contributed by atoms with Crippen molar-refractivity contribution in [3.8, 4) is 0 Å². The normalized spacial score (nSPS) is 18.8. The van der Waals surface area contributed by atoms with E-state index in [1.54, 1.807) is 0 Å². The fraction of sp³-hybridized carbons (Fsp3) is 0.500. The van der Waals surface area contributed by atoms with Crippen LogP contribution >= 0.6 is 0 Å². The summed E-state index contributed by atoms with van der Waals surface area (Å²) in [5, 5.41) is 5.51. The van der Waals surface area contributed by atoms with Crippen molar-refractivity contribution in [1.82, 2.24) is 15.5 Å². The Morgan fingerprint density at radius 3 is 2.57 bits per heavy atom. The molecule has 28 heavy (non-hydrogen) atoms. The zero-order valence-electron chi connectivity index (χ0n) is 15.9. The Balaban J connectivity index is 1.40. The van der Waals surface area contributed by atoms with Gasteiger partial charge in [0.15, 0.2) is 6.61 Å². The minimum Gasteiger partial charge on any atom is -0.456 e. The summed E-state index contributed by atoms with van der Waals surface area (Å²) in [7, 11) is 0. The minimum absolute atomic E-state index is 0.0483. The maximum Gasteiger partial charge on any atom is 0.325 e. The number of carbonyl (C=O) groups excluding carboxylic acids is 4. The summed E-state index contributed by atoms with van der Waals surface area (Å²) in [5.74, 6) is -1.31. The van der Waals surface area contributed by atoms with Crippen LogP contribution in [-0.2, 0) is 19.1 Å². The summed E-state index contributed by atoms with van der Waals surface area (Å²) >= 11 is 0. The molecule has 0 radical (unpaired) electrons. The number of esters is 1. The van der Waals surface area contributed by atoms with E-state index in [4.69, 9.17) is 4.74 Å². The number of imide groups is 1. The van der Waals surface area contributed by atoms with Crippen LogP contribution in [0.25, 0.3) is 0 Å². The number of hydrogen-bond donors (Lipinski definition) is 2.